The SMILES string of the molecule is O=C(O)CC1CN(C(=O)CSCCNC(=O)OCC2c3ccccc3-c3ccccc32)CCO1. The first kappa shape index (κ1) is 24.1. The molecule has 34 heavy (non-hydrogen) atoms. The minimum absolute atomic E-state index is 0.0172. The van der Waals surface area contributed by atoms with Crippen LogP contribution < -0.4 is 5.32 Å². The van der Waals surface area contributed by atoms with Gasteiger partial charge in [0.1, 0.15) is 6.61 Å². The molecule has 2 aliphatic rings. The average molecular weight is 485 g/mol. The molecule has 2 aromatic rings. The molecule has 4 rings (SSSR count). The van der Waals surface area contributed by atoms with Crippen LogP contribution in [0.5, 0.6) is 0 Å². The maximum Gasteiger partial charge on any atom is 0.407 e. The molecule has 1 saturated heterocycles. The molecule has 8 nitrogen and oxygen atoms in total. The number of carboxylic acids is 1. The zero-order valence-corrected chi connectivity index (χ0v) is 19.6. The largest absolute Gasteiger partial charge is 0.481 e. The van der Waals surface area contributed by atoms with Gasteiger partial charge in [-0.2, -0.15) is 11.8 Å². The molecule has 0 radical (unpaired) electrons. The Kier molecular flexibility index (Phi) is 8.08. The lowest BCUT2D eigenvalue weighted by Gasteiger charge is -2.32. The van der Waals surface area contributed by atoms with Crippen molar-refractivity contribution in [1.29, 1.82) is 0 Å². The highest BCUT2D eigenvalue weighted by atomic mass is 32.2. The number of amides is 2. The second-order valence-corrected chi connectivity index (χ2v) is 9.34. The molecule has 0 saturated carbocycles. The third-order valence-corrected chi connectivity index (χ3v) is 6.92. The van der Waals surface area contributed by atoms with Crippen molar-refractivity contribution in [2.45, 2.75) is 18.4 Å². The van der Waals surface area contributed by atoms with Gasteiger partial charge in [-0.05, 0) is 22.3 Å². The van der Waals surface area contributed by atoms with E-state index in [2.05, 4.69) is 29.6 Å². The van der Waals surface area contributed by atoms with E-state index in [1.54, 1.807) is 4.90 Å². The van der Waals surface area contributed by atoms with Gasteiger partial charge < -0.3 is 24.8 Å². The van der Waals surface area contributed by atoms with Gasteiger partial charge in [0, 0.05) is 31.3 Å². The number of fused-ring (bicyclic) bond motifs is 3. The van der Waals surface area contributed by atoms with Crippen LogP contribution in [-0.4, -0.2) is 78.4 Å². The summed E-state index contributed by atoms with van der Waals surface area (Å²) in [6, 6.07) is 16.4. The second-order valence-electron chi connectivity index (χ2n) is 8.24. The fourth-order valence-corrected chi connectivity index (χ4v) is 5.14. The number of alkyl carbamates (subject to hydrolysis) is 1. The molecular weight excluding hydrogens is 456 g/mol. The van der Waals surface area contributed by atoms with E-state index in [0.717, 1.165) is 0 Å². The summed E-state index contributed by atoms with van der Waals surface area (Å²) in [6.45, 7) is 1.76. The van der Waals surface area contributed by atoms with Gasteiger partial charge in [-0.25, -0.2) is 4.79 Å². The number of aliphatic carboxylic acids is 1. The molecule has 2 aromatic carbocycles. The average Bonchev–Trinajstić information content (AvgIpc) is 3.16. The van der Waals surface area contributed by atoms with Crippen LogP contribution in [-0.2, 0) is 19.1 Å². The number of rotatable bonds is 9. The van der Waals surface area contributed by atoms with Crippen molar-refractivity contribution in [2.75, 3.05) is 44.4 Å². The molecule has 180 valence electrons. The van der Waals surface area contributed by atoms with Gasteiger partial charge in [0.2, 0.25) is 5.91 Å². The van der Waals surface area contributed by atoms with E-state index in [1.165, 1.54) is 34.0 Å². The Morgan fingerprint density at radius 1 is 1.09 bits per heavy atom. The van der Waals surface area contributed by atoms with Crippen LogP contribution in [0, 0.1) is 0 Å². The number of carbonyl (C=O) groups excluding carboxylic acids is 2. The summed E-state index contributed by atoms with van der Waals surface area (Å²) in [6.07, 6.45) is -1.05. The van der Waals surface area contributed by atoms with Crippen LogP contribution in [0.1, 0.15) is 23.5 Å². The summed E-state index contributed by atoms with van der Waals surface area (Å²) in [5.74, 6) is -0.133. The van der Waals surface area contributed by atoms with E-state index in [1.807, 2.05) is 24.3 Å². The third-order valence-electron chi connectivity index (χ3n) is 5.98. The quantitative estimate of drug-likeness (QED) is 0.527. The van der Waals surface area contributed by atoms with Crippen molar-refractivity contribution in [3.05, 3.63) is 59.7 Å². The lowest BCUT2D eigenvalue weighted by molar-refractivity contribution is -0.146. The standard InChI is InChI=1S/C25H28N2O6S/c28-23(27-10-11-32-17(14-27)13-24(29)30)16-34-12-9-26-25(31)33-15-22-20-7-3-1-5-18(20)19-6-2-4-8-21(19)22/h1-8,17,22H,9-16H2,(H,26,31)(H,29,30). The molecule has 2 N–H and O–H groups in total. The van der Waals surface area contributed by atoms with Crippen LogP contribution in [0.4, 0.5) is 4.79 Å². The Hall–Kier alpha value is -3.04. The second kappa shape index (κ2) is 11.4. The summed E-state index contributed by atoms with van der Waals surface area (Å²) >= 11 is 1.42. The number of hydrogen-bond donors (Lipinski definition) is 2. The first-order valence-electron chi connectivity index (χ1n) is 11.3. The zero-order valence-electron chi connectivity index (χ0n) is 18.8. The highest BCUT2D eigenvalue weighted by molar-refractivity contribution is 7.99. The van der Waals surface area contributed by atoms with Crippen molar-refractivity contribution >= 4 is 29.7 Å². The number of ether oxygens (including phenoxy) is 2. The van der Waals surface area contributed by atoms with E-state index in [0.29, 0.717) is 32.0 Å². The number of nitrogens with one attached hydrogen (secondary N) is 1. The molecule has 0 bridgehead atoms. The zero-order chi connectivity index (χ0) is 23.9. The van der Waals surface area contributed by atoms with Gasteiger partial charge in [0.25, 0.3) is 0 Å². The molecule has 0 aromatic heterocycles. The molecule has 2 amide bonds. The predicted octanol–water partition coefficient (Wildman–Crippen LogP) is 2.96. The Bertz CT molecular complexity index is 1000. The summed E-state index contributed by atoms with van der Waals surface area (Å²) < 4.78 is 10.9. The molecule has 0 spiro atoms. The summed E-state index contributed by atoms with van der Waals surface area (Å²) in [7, 11) is 0. The van der Waals surface area contributed by atoms with Crippen LogP contribution in [0.25, 0.3) is 11.1 Å². The third kappa shape index (κ3) is 5.90. The normalized spacial score (nSPS) is 17.1. The molecule has 1 heterocycles. The molecule has 1 aliphatic carbocycles. The lowest BCUT2D eigenvalue weighted by Crippen LogP contribution is -2.47. The summed E-state index contributed by atoms with van der Waals surface area (Å²) in [5.41, 5.74) is 4.70. The fraction of sp³-hybridized carbons (Fsp3) is 0.400. The highest BCUT2D eigenvalue weighted by Gasteiger charge is 2.29. The number of morpholine rings is 1. The smallest absolute Gasteiger partial charge is 0.407 e. The molecular formula is C25H28N2O6S. The topological polar surface area (TPSA) is 105 Å². The van der Waals surface area contributed by atoms with Crippen LogP contribution in [0.2, 0.25) is 0 Å². The van der Waals surface area contributed by atoms with Crippen molar-refractivity contribution in [3.8, 4) is 11.1 Å². The summed E-state index contributed by atoms with van der Waals surface area (Å²) in [4.78, 5) is 37.1. The van der Waals surface area contributed by atoms with Crippen molar-refractivity contribution in [2.24, 2.45) is 0 Å². The van der Waals surface area contributed by atoms with Crippen LogP contribution in [0.3, 0.4) is 0 Å². The fourth-order valence-electron chi connectivity index (χ4n) is 4.39. The minimum Gasteiger partial charge on any atom is -0.481 e. The molecule has 1 fully saturated rings. The van der Waals surface area contributed by atoms with Gasteiger partial charge in [0.05, 0.1) is 24.9 Å². The number of carboxylic acid groups (broad SMARTS) is 1. The molecule has 9 heteroatoms. The van der Waals surface area contributed by atoms with E-state index in [9.17, 15) is 14.4 Å². The minimum atomic E-state index is -0.937. The predicted molar refractivity (Wildman–Crippen MR) is 129 cm³/mol. The highest BCUT2D eigenvalue weighted by Crippen LogP contribution is 2.44. The first-order valence-corrected chi connectivity index (χ1v) is 12.5. The van der Waals surface area contributed by atoms with E-state index < -0.39 is 18.2 Å². The van der Waals surface area contributed by atoms with Crippen molar-refractivity contribution in [3.63, 3.8) is 0 Å². The van der Waals surface area contributed by atoms with E-state index in [-0.39, 0.29) is 30.6 Å². The number of thioether (sulfide) groups is 1. The van der Waals surface area contributed by atoms with Gasteiger partial charge in [-0.15, -0.1) is 0 Å². The van der Waals surface area contributed by atoms with Crippen molar-refractivity contribution < 1.29 is 29.0 Å². The monoisotopic (exact) mass is 484 g/mol. The van der Waals surface area contributed by atoms with Gasteiger partial charge in [-0.3, -0.25) is 9.59 Å². The Morgan fingerprint density at radius 2 is 1.76 bits per heavy atom. The van der Waals surface area contributed by atoms with E-state index in [4.69, 9.17) is 14.6 Å². The maximum absolute atomic E-state index is 12.4. The Morgan fingerprint density at radius 3 is 2.44 bits per heavy atom. The van der Waals surface area contributed by atoms with Gasteiger partial charge in [0.15, 0.2) is 0 Å². The molecule has 1 unspecified atom stereocenters. The number of hydrogen-bond acceptors (Lipinski definition) is 6. The van der Waals surface area contributed by atoms with Gasteiger partial charge in [-0.1, -0.05) is 48.5 Å². The molecule has 1 aliphatic heterocycles. The van der Waals surface area contributed by atoms with E-state index >= 15 is 0 Å². The Balaban J connectivity index is 1.15. The van der Waals surface area contributed by atoms with Crippen LogP contribution >= 0.6 is 11.8 Å². The lowest BCUT2D eigenvalue weighted by atomic mass is 9.98. The number of benzene rings is 2. The Labute approximate surface area is 202 Å². The number of nitrogens with zero attached hydrogens (tertiary/aromatic N) is 1. The van der Waals surface area contributed by atoms with Crippen LogP contribution in [0.15, 0.2) is 48.5 Å². The first-order chi connectivity index (χ1) is 16.5. The number of carbonyl (C=O) groups is 3. The van der Waals surface area contributed by atoms with Crippen molar-refractivity contribution in [1.82, 2.24) is 10.2 Å². The molecule has 1 atom stereocenters. The maximum atomic E-state index is 12.4. The summed E-state index contributed by atoms with van der Waals surface area (Å²) in [5, 5.41) is 11.6. The van der Waals surface area contributed by atoms with Gasteiger partial charge >= 0.3 is 12.1 Å².